The van der Waals surface area contributed by atoms with E-state index in [1.165, 1.54) is 18.4 Å². The number of sulfonamides is 1. The quantitative estimate of drug-likeness (QED) is 0.758. The molecule has 0 atom stereocenters. The molecule has 6 nitrogen and oxygen atoms in total. The van der Waals surface area contributed by atoms with Gasteiger partial charge in [0.1, 0.15) is 0 Å². The second-order valence-corrected chi connectivity index (χ2v) is 9.53. The Morgan fingerprint density at radius 3 is 2.10 bits per heavy atom. The Bertz CT molecular complexity index is 950. The van der Waals surface area contributed by atoms with Gasteiger partial charge >= 0.3 is 0 Å². The van der Waals surface area contributed by atoms with Gasteiger partial charge in [-0.15, -0.1) is 0 Å². The number of hydrogen-bond acceptors (Lipinski definition) is 4. The summed E-state index contributed by atoms with van der Waals surface area (Å²) in [5.74, 6) is 0.0897. The lowest BCUT2D eigenvalue weighted by Crippen LogP contribution is -2.25. The fourth-order valence-corrected chi connectivity index (χ4v) is 4.97. The normalized spacial score (nSPS) is 17.9. The third kappa shape index (κ3) is 4.86. The second-order valence-electron chi connectivity index (χ2n) is 7.77. The van der Waals surface area contributed by atoms with Gasteiger partial charge in [0.15, 0.2) is 0 Å². The van der Waals surface area contributed by atoms with Crippen LogP contribution in [-0.4, -0.2) is 38.9 Å². The highest BCUT2D eigenvalue weighted by molar-refractivity contribution is 7.89. The molecule has 1 amide bonds. The summed E-state index contributed by atoms with van der Waals surface area (Å²) in [6.07, 6.45) is 3.94. The van der Waals surface area contributed by atoms with Crippen LogP contribution in [0, 0.1) is 0 Å². The summed E-state index contributed by atoms with van der Waals surface area (Å²) in [5, 5.41) is 0. The maximum Gasteiger partial charge on any atom is 0.240 e. The van der Waals surface area contributed by atoms with Crippen LogP contribution in [0.5, 0.6) is 0 Å². The third-order valence-corrected chi connectivity index (χ3v) is 7.04. The smallest absolute Gasteiger partial charge is 0.240 e. The number of nitrogens with one attached hydrogen (secondary N) is 1. The van der Waals surface area contributed by atoms with Crippen LogP contribution in [0.4, 0.5) is 5.69 Å². The van der Waals surface area contributed by atoms with E-state index in [4.69, 9.17) is 0 Å². The molecule has 29 heavy (non-hydrogen) atoms. The SMILES string of the molecule is O=C1CCCN1c1ccc(S(=O)(=O)NCc2ccc(CN3CCCC3)cc2)cc1. The van der Waals surface area contributed by atoms with E-state index in [9.17, 15) is 13.2 Å². The van der Waals surface area contributed by atoms with Gasteiger partial charge in [0.05, 0.1) is 4.90 Å². The van der Waals surface area contributed by atoms with E-state index in [0.717, 1.165) is 37.3 Å². The van der Waals surface area contributed by atoms with Crippen LogP contribution in [0.3, 0.4) is 0 Å². The molecule has 2 heterocycles. The molecule has 7 heteroatoms. The van der Waals surface area contributed by atoms with Crippen molar-refractivity contribution in [3.05, 3.63) is 59.7 Å². The second kappa shape index (κ2) is 8.65. The van der Waals surface area contributed by atoms with Crippen LogP contribution in [0.15, 0.2) is 53.4 Å². The van der Waals surface area contributed by atoms with Crippen molar-refractivity contribution in [1.29, 1.82) is 0 Å². The van der Waals surface area contributed by atoms with E-state index in [0.29, 0.717) is 13.0 Å². The zero-order chi connectivity index (χ0) is 20.3. The minimum Gasteiger partial charge on any atom is -0.312 e. The topological polar surface area (TPSA) is 69.7 Å². The number of rotatable bonds is 7. The molecule has 0 radical (unpaired) electrons. The molecule has 0 aromatic heterocycles. The van der Waals surface area contributed by atoms with Gasteiger partial charge in [-0.05, 0) is 67.7 Å². The number of likely N-dealkylation sites (tertiary alicyclic amines) is 1. The summed E-state index contributed by atoms with van der Waals surface area (Å²) in [7, 11) is -3.60. The summed E-state index contributed by atoms with van der Waals surface area (Å²) in [6, 6.07) is 14.6. The standard InChI is InChI=1S/C22H27N3O3S/c26-22-4-3-15-25(22)20-9-11-21(12-10-20)29(27,28)23-16-18-5-7-19(8-6-18)17-24-13-1-2-14-24/h5-12,23H,1-4,13-17H2. The molecule has 0 bridgehead atoms. The van der Waals surface area contributed by atoms with Crippen molar-refractivity contribution in [2.75, 3.05) is 24.5 Å². The zero-order valence-corrected chi connectivity index (χ0v) is 17.3. The van der Waals surface area contributed by atoms with E-state index in [1.807, 2.05) is 12.1 Å². The molecule has 154 valence electrons. The van der Waals surface area contributed by atoms with Crippen LogP contribution < -0.4 is 9.62 Å². The van der Waals surface area contributed by atoms with Crippen LogP contribution >= 0.6 is 0 Å². The fourth-order valence-electron chi connectivity index (χ4n) is 3.95. The van der Waals surface area contributed by atoms with Crippen molar-refractivity contribution in [2.45, 2.75) is 43.7 Å². The zero-order valence-electron chi connectivity index (χ0n) is 16.5. The Labute approximate surface area is 172 Å². The van der Waals surface area contributed by atoms with Crippen molar-refractivity contribution >= 4 is 21.6 Å². The predicted molar refractivity (Wildman–Crippen MR) is 113 cm³/mol. The minimum absolute atomic E-state index is 0.0897. The predicted octanol–water partition coefficient (Wildman–Crippen LogP) is 2.89. The van der Waals surface area contributed by atoms with Crippen molar-refractivity contribution < 1.29 is 13.2 Å². The lowest BCUT2D eigenvalue weighted by molar-refractivity contribution is -0.117. The van der Waals surface area contributed by atoms with Gasteiger partial charge < -0.3 is 4.90 Å². The number of nitrogens with zero attached hydrogens (tertiary/aromatic N) is 2. The first-order valence-electron chi connectivity index (χ1n) is 10.2. The Kier molecular flexibility index (Phi) is 5.99. The molecule has 2 saturated heterocycles. The molecule has 0 aliphatic carbocycles. The van der Waals surface area contributed by atoms with E-state index in [1.54, 1.807) is 29.2 Å². The van der Waals surface area contributed by atoms with Crippen molar-refractivity contribution in [2.24, 2.45) is 0 Å². The molecular formula is C22H27N3O3S. The lowest BCUT2D eigenvalue weighted by atomic mass is 10.1. The Hall–Kier alpha value is -2.22. The monoisotopic (exact) mass is 413 g/mol. The molecule has 0 unspecified atom stereocenters. The molecule has 2 fully saturated rings. The van der Waals surface area contributed by atoms with Gasteiger partial charge in [0.2, 0.25) is 15.9 Å². The van der Waals surface area contributed by atoms with Crippen molar-refractivity contribution in [3.63, 3.8) is 0 Å². The number of carbonyl (C=O) groups is 1. The molecule has 0 spiro atoms. The number of benzene rings is 2. The summed E-state index contributed by atoms with van der Waals surface area (Å²) in [6.45, 7) is 4.21. The highest BCUT2D eigenvalue weighted by Crippen LogP contribution is 2.23. The van der Waals surface area contributed by atoms with Gasteiger partial charge in [0.25, 0.3) is 0 Å². The van der Waals surface area contributed by atoms with E-state index in [2.05, 4.69) is 21.8 Å². The van der Waals surface area contributed by atoms with Crippen LogP contribution in [0.1, 0.15) is 36.8 Å². The first kappa shape index (κ1) is 20.1. The van der Waals surface area contributed by atoms with Crippen LogP contribution in [-0.2, 0) is 27.9 Å². The largest absolute Gasteiger partial charge is 0.312 e. The lowest BCUT2D eigenvalue weighted by Gasteiger charge is -2.16. The number of anilines is 1. The van der Waals surface area contributed by atoms with Crippen LogP contribution in [0.2, 0.25) is 0 Å². The first-order chi connectivity index (χ1) is 14.0. The summed E-state index contributed by atoms with van der Waals surface area (Å²) >= 11 is 0. The number of amides is 1. The Morgan fingerprint density at radius 1 is 0.828 bits per heavy atom. The maximum absolute atomic E-state index is 12.6. The van der Waals surface area contributed by atoms with Gasteiger partial charge in [0, 0.05) is 31.7 Å². The van der Waals surface area contributed by atoms with E-state index >= 15 is 0 Å². The Balaban J connectivity index is 1.35. The molecule has 4 rings (SSSR count). The molecule has 2 aliphatic heterocycles. The highest BCUT2D eigenvalue weighted by Gasteiger charge is 2.22. The molecular weight excluding hydrogens is 386 g/mol. The third-order valence-electron chi connectivity index (χ3n) is 5.63. The molecule has 2 aliphatic rings. The van der Waals surface area contributed by atoms with Crippen molar-refractivity contribution in [3.8, 4) is 0 Å². The van der Waals surface area contributed by atoms with E-state index < -0.39 is 10.0 Å². The van der Waals surface area contributed by atoms with E-state index in [-0.39, 0.29) is 17.3 Å². The van der Waals surface area contributed by atoms with Gasteiger partial charge in [-0.3, -0.25) is 9.69 Å². The summed E-state index contributed by atoms with van der Waals surface area (Å²) < 4.78 is 27.9. The van der Waals surface area contributed by atoms with Gasteiger partial charge in [-0.2, -0.15) is 0 Å². The maximum atomic E-state index is 12.6. The summed E-state index contributed by atoms with van der Waals surface area (Å²) in [5.41, 5.74) is 2.93. The Morgan fingerprint density at radius 2 is 1.48 bits per heavy atom. The minimum atomic E-state index is -3.60. The van der Waals surface area contributed by atoms with Gasteiger partial charge in [-0.1, -0.05) is 24.3 Å². The fraction of sp³-hybridized carbons (Fsp3) is 0.409. The molecule has 2 aromatic rings. The average Bonchev–Trinajstić information content (AvgIpc) is 3.39. The summed E-state index contributed by atoms with van der Waals surface area (Å²) in [4.78, 5) is 16.2. The molecule has 0 saturated carbocycles. The molecule has 2 aromatic carbocycles. The first-order valence-corrected chi connectivity index (χ1v) is 11.7. The van der Waals surface area contributed by atoms with Crippen LogP contribution in [0.25, 0.3) is 0 Å². The number of carbonyl (C=O) groups excluding carboxylic acids is 1. The molecule has 1 N–H and O–H groups in total. The average molecular weight is 414 g/mol. The van der Waals surface area contributed by atoms with Crippen molar-refractivity contribution in [1.82, 2.24) is 9.62 Å². The number of hydrogen-bond donors (Lipinski definition) is 1. The highest BCUT2D eigenvalue weighted by atomic mass is 32.2. The van der Waals surface area contributed by atoms with Gasteiger partial charge in [-0.25, -0.2) is 13.1 Å².